The maximum Gasteiger partial charge on any atom is 0.306 e. The minimum atomic E-state index is -0.481. The second-order valence-corrected chi connectivity index (χ2v) is 15.6. The fraction of sp³-hybridized carbons (Fsp3) is 0.271. The van der Waals surface area contributed by atoms with Crippen molar-refractivity contribution in [1.29, 1.82) is 0 Å². The van der Waals surface area contributed by atoms with Crippen molar-refractivity contribution in [1.82, 2.24) is 0 Å². The molecular weight excluding hydrogens is 791 g/mol. The van der Waals surface area contributed by atoms with Gasteiger partial charge in [-0.05, 0) is 71.1 Å². The van der Waals surface area contributed by atoms with E-state index < -0.39 is 5.97 Å². The van der Waals surface area contributed by atoms with Gasteiger partial charge in [0.25, 0.3) is 11.8 Å². The summed E-state index contributed by atoms with van der Waals surface area (Å²) in [5.74, 6) is 0.501. The van der Waals surface area contributed by atoms with Gasteiger partial charge in [0.05, 0.1) is 62.3 Å². The molecule has 3 amide bonds. The molecule has 0 bridgehead atoms. The summed E-state index contributed by atoms with van der Waals surface area (Å²) in [4.78, 5) is 63.0. The number of aliphatic imine (C=N–C) groups is 1. The van der Waals surface area contributed by atoms with Crippen LogP contribution in [0.3, 0.4) is 0 Å². The largest absolute Gasteiger partial charge is 0.493 e. The number of nitrogens with zero attached hydrogens (tertiary/aromatic N) is 4. The predicted molar refractivity (Wildman–Crippen MR) is 234 cm³/mol. The fourth-order valence-electron chi connectivity index (χ4n) is 8.65. The van der Waals surface area contributed by atoms with Gasteiger partial charge in [0.15, 0.2) is 23.0 Å². The van der Waals surface area contributed by atoms with Crippen LogP contribution < -0.4 is 39.0 Å². The minimum Gasteiger partial charge on any atom is -0.493 e. The molecule has 5 aromatic carbocycles. The molecule has 14 heteroatoms. The number of carbonyl (C=O) groups excluding carboxylic acids is 4. The van der Waals surface area contributed by atoms with Crippen molar-refractivity contribution in [2.75, 3.05) is 54.9 Å². The zero-order chi connectivity index (χ0) is 43.1. The minimum absolute atomic E-state index is 0.0322. The number of para-hydroxylation sites is 2. The maximum atomic E-state index is 14.0. The van der Waals surface area contributed by atoms with Crippen LogP contribution in [0.15, 0.2) is 96.0 Å². The summed E-state index contributed by atoms with van der Waals surface area (Å²) in [5, 5.41) is 3.47. The number of fused-ring (bicyclic) bond motifs is 8. The third-order valence-electron chi connectivity index (χ3n) is 11.8. The number of esters is 1. The second kappa shape index (κ2) is 16.6. The number of hydrogen-bond donors (Lipinski definition) is 1. The standard InChI is InChI=1S/C48H45N5O9/c1-51(45(54)13-14-46(55)60-4)32-16-28(26-61-43-22-37-35(20-41(43)58-2)47(56)52-33(24-49-37)18-30-9-5-7-11-39(30)52)15-29(17-32)27-62-44-23-38-36(21-42(44)59-3)48(57)53-34(25-50-38)19-31-10-6-8-12-40(31)53/h5-12,15-17,20-24,33-34,50H,13-14,18-19,25-27H2,1-4H3/t33-,34-/m0/s1. The molecule has 9 rings (SSSR count). The molecule has 4 heterocycles. The fourth-order valence-corrected chi connectivity index (χ4v) is 8.65. The molecule has 0 fully saturated rings. The van der Waals surface area contributed by atoms with E-state index >= 15 is 0 Å². The lowest BCUT2D eigenvalue weighted by molar-refractivity contribution is -0.141. The Labute approximate surface area is 358 Å². The van der Waals surface area contributed by atoms with E-state index in [-0.39, 0.29) is 55.9 Å². The normalized spacial score (nSPS) is 16.6. The first-order chi connectivity index (χ1) is 30.1. The molecule has 0 radical (unpaired) electrons. The summed E-state index contributed by atoms with van der Waals surface area (Å²) in [6.45, 7) is 0.678. The number of nitrogens with one attached hydrogen (secondary N) is 1. The number of carbonyl (C=O) groups is 4. The number of anilines is 4. The van der Waals surface area contributed by atoms with E-state index in [0.717, 1.165) is 28.9 Å². The van der Waals surface area contributed by atoms with Crippen molar-refractivity contribution in [3.63, 3.8) is 0 Å². The first-order valence-corrected chi connectivity index (χ1v) is 20.4. The molecule has 0 aromatic heterocycles. The van der Waals surface area contributed by atoms with Gasteiger partial charge in [-0.1, -0.05) is 36.4 Å². The molecule has 2 atom stereocenters. The first-order valence-electron chi connectivity index (χ1n) is 20.4. The van der Waals surface area contributed by atoms with E-state index in [9.17, 15) is 19.2 Å². The van der Waals surface area contributed by atoms with Gasteiger partial charge in [0.2, 0.25) is 5.91 Å². The molecule has 4 aliphatic rings. The van der Waals surface area contributed by atoms with E-state index in [1.54, 1.807) is 42.4 Å². The zero-order valence-electron chi connectivity index (χ0n) is 34.8. The van der Waals surface area contributed by atoms with Gasteiger partial charge >= 0.3 is 5.97 Å². The van der Waals surface area contributed by atoms with Crippen LogP contribution in [0.25, 0.3) is 0 Å². The average Bonchev–Trinajstić information content (AvgIpc) is 3.79. The molecule has 14 nitrogen and oxygen atoms in total. The molecule has 4 aliphatic heterocycles. The number of ether oxygens (including phenoxy) is 5. The van der Waals surface area contributed by atoms with Crippen molar-refractivity contribution >= 4 is 58.3 Å². The van der Waals surface area contributed by atoms with Crippen molar-refractivity contribution in [3.05, 3.63) is 124 Å². The average molecular weight is 836 g/mol. The second-order valence-electron chi connectivity index (χ2n) is 15.6. The lowest BCUT2D eigenvalue weighted by Gasteiger charge is -2.23. The van der Waals surface area contributed by atoms with Crippen LogP contribution >= 0.6 is 0 Å². The highest BCUT2D eigenvalue weighted by Crippen LogP contribution is 2.43. The lowest BCUT2D eigenvalue weighted by atomic mass is 10.1. The van der Waals surface area contributed by atoms with Crippen LogP contribution in [0, 0.1) is 0 Å². The summed E-state index contributed by atoms with van der Waals surface area (Å²) in [7, 11) is 5.97. The van der Waals surface area contributed by atoms with Crippen molar-refractivity contribution in [3.8, 4) is 23.0 Å². The number of hydrogen-bond acceptors (Lipinski definition) is 11. The van der Waals surface area contributed by atoms with E-state index in [4.69, 9.17) is 28.7 Å². The summed E-state index contributed by atoms with van der Waals surface area (Å²) in [6.07, 6.45) is 3.12. The van der Waals surface area contributed by atoms with Crippen molar-refractivity contribution in [2.24, 2.45) is 4.99 Å². The Morgan fingerprint density at radius 1 is 0.726 bits per heavy atom. The molecule has 62 heavy (non-hydrogen) atoms. The first kappa shape index (κ1) is 40.1. The summed E-state index contributed by atoms with van der Waals surface area (Å²) < 4.78 is 29.1. The SMILES string of the molecule is COC(=O)CCC(=O)N(C)c1cc(COc2cc3c(cc2OC)C(=O)N2c4ccccc4C[C@H]2C=N3)cc(COc2cc3c(cc2OC)C(=O)N2c4ccccc4C[C@H]2CN3)c1. The van der Waals surface area contributed by atoms with E-state index in [1.165, 1.54) is 26.2 Å². The molecule has 0 spiro atoms. The highest BCUT2D eigenvalue weighted by atomic mass is 16.5. The third-order valence-corrected chi connectivity index (χ3v) is 11.8. The Balaban J connectivity index is 0.982. The number of amides is 3. The van der Waals surface area contributed by atoms with Crippen LogP contribution in [-0.4, -0.2) is 76.9 Å². The highest BCUT2D eigenvalue weighted by molar-refractivity contribution is 6.15. The number of methoxy groups -OCH3 is 3. The quantitative estimate of drug-likeness (QED) is 0.130. The molecule has 5 aromatic rings. The summed E-state index contributed by atoms with van der Waals surface area (Å²) in [6, 6.07) is 28.0. The summed E-state index contributed by atoms with van der Waals surface area (Å²) in [5.41, 5.74) is 7.96. The Morgan fingerprint density at radius 3 is 2.02 bits per heavy atom. The Hall–Kier alpha value is -7.35. The molecule has 1 N–H and O–H groups in total. The molecule has 0 unspecified atom stereocenters. The maximum absolute atomic E-state index is 14.0. The lowest BCUT2D eigenvalue weighted by Crippen LogP contribution is -2.39. The molecule has 316 valence electrons. The van der Waals surface area contributed by atoms with Gasteiger partial charge in [-0.15, -0.1) is 0 Å². The molecular formula is C48H45N5O9. The predicted octanol–water partition coefficient (Wildman–Crippen LogP) is 7.06. The van der Waals surface area contributed by atoms with Gasteiger partial charge in [0, 0.05) is 61.8 Å². The van der Waals surface area contributed by atoms with Gasteiger partial charge in [-0.25, -0.2) is 0 Å². The van der Waals surface area contributed by atoms with Gasteiger partial charge < -0.3 is 38.8 Å². The number of benzene rings is 5. The Morgan fingerprint density at radius 2 is 1.34 bits per heavy atom. The zero-order valence-corrected chi connectivity index (χ0v) is 34.8. The van der Waals surface area contributed by atoms with Crippen LogP contribution in [0.5, 0.6) is 23.0 Å². The van der Waals surface area contributed by atoms with Gasteiger partial charge in [-0.2, -0.15) is 0 Å². The monoisotopic (exact) mass is 835 g/mol. The number of rotatable bonds is 12. The smallest absolute Gasteiger partial charge is 0.306 e. The van der Waals surface area contributed by atoms with E-state index in [1.807, 2.05) is 65.6 Å². The molecule has 0 aliphatic carbocycles. The molecule has 0 saturated heterocycles. The van der Waals surface area contributed by atoms with E-state index in [0.29, 0.717) is 75.3 Å². The van der Waals surface area contributed by atoms with Gasteiger partial charge in [0.1, 0.15) is 13.2 Å². The third kappa shape index (κ3) is 7.41. The van der Waals surface area contributed by atoms with Crippen molar-refractivity contribution in [2.45, 2.75) is 51.0 Å². The Bertz CT molecular complexity index is 2660. The van der Waals surface area contributed by atoms with E-state index in [2.05, 4.69) is 11.4 Å². The molecule has 0 saturated carbocycles. The van der Waals surface area contributed by atoms with Gasteiger partial charge in [-0.3, -0.25) is 29.1 Å². The van der Waals surface area contributed by atoms with Crippen LogP contribution in [0.1, 0.15) is 55.8 Å². The summed E-state index contributed by atoms with van der Waals surface area (Å²) >= 11 is 0. The highest BCUT2D eigenvalue weighted by Gasteiger charge is 2.39. The van der Waals surface area contributed by atoms with Crippen LogP contribution in [0.2, 0.25) is 0 Å². The topological polar surface area (TPSA) is 149 Å². The Kier molecular flexibility index (Phi) is 10.7. The van der Waals surface area contributed by atoms with Crippen molar-refractivity contribution < 1.29 is 42.9 Å². The van der Waals surface area contributed by atoms with Crippen LogP contribution in [0.4, 0.5) is 28.4 Å². The van der Waals surface area contributed by atoms with Crippen LogP contribution in [-0.2, 0) is 40.4 Å².